The summed E-state index contributed by atoms with van der Waals surface area (Å²) in [6.45, 7) is 3.16. The number of hydrogen-bond donors (Lipinski definition) is 2. The van der Waals surface area contributed by atoms with E-state index >= 15 is 0 Å². The summed E-state index contributed by atoms with van der Waals surface area (Å²) in [5, 5.41) is 5.99. The first-order valence-corrected chi connectivity index (χ1v) is 6.17. The summed E-state index contributed by atoms with van der Waals surface area (Å²) in [5.41, 5.74) is 2.40. The SMILES string of the molecule is O=C1Cc2ccc(C(=O)N3CCNCC3)cc2N1. The van der Waals surface area contributed by atoms with Crippen LogP contribution in [-0.2, 0) is 11.2 Å². The van der Waals surface area contributed by atoms with Crippen LogP contribution in [0.1, 0.15) is 15.9 Å². The number of nitrogens with one attached hydrogen (secondary N) is 2. The minimum atomic E-state index is -0.00299. The van der Waals surface area contributed by atoms with Gasteiger partial charge in [0, 0.05) is 37.4 Å². The van der Waals surface area contributed by atoms with E-state index in [0.717, 1.165) is 37.4 Å². The van der Waals surface area contributed by atoms with Crippen molar-refractivity contribution in [3.8, 4) is 0 Å². The molecule has 1 aromatic rings. The number of carbonyl (C=O) groups is 2. The second kappa shape index (κ2) is 4.42. The Morgan fingerprint density at radius 2 is 2.00 bits per heavy atom. The van der Waals surface area contributed by atoms with E-state index in [1.165, 1.54) is 0 Å². The molecule has 0 saturated carbocycles. The number of carbonyl (C=O) groups excluding carboxylic acids is 2. The van der Waals surface area contributed by atoms with Crippen molar-refractivity contribution in [2.45, 2.75) is 6.42 Å². The fraction of sp³-hybridized carbons (Fsp3) is 0.385. The fourth-order valence-corrected chi connectivity index (χ4v) is 2.40. The molecule has 18 heavy (non-hydrogen) atoms. The molecule has 2 amide bonds. The molecule has 0 bridgehead atoms. The van der Waals surface area contributed by atoms with Crippen molar-refractivity contribution in [3.05, 3.63) is 29.3 Å². The molecule has 0 spiro atoms. The van der Waals surface area contributed by atoms with Gasteiger partial charge in [-0.15, -0.1) is 0 Å². The summed E-state index contributed by atoms with van der Waals surface area (Å²) in [7, 11) is 0. The highest BCUT2D eigenvalue weighted by Crippen LogP contribution is 2.24. The number of rotatable bonds is 1. The number of fused-ring (bicyclic) bond motifs is 1. The highest BCUT2D eigenvalue weighted by Gasteiger charge is 2.22. The zero-order valence-corrected chi connectivity index (χ0v) is 10.0. The van der Waals surface area contributed by atoms with E-state index in [-0.39, 0.29) is 11.8 Å². The molecule has 94 valence electrons. The van der Waals surface area contributed by atoms with Crippen molar-refractivity contribution < 1.29 is 9.59 Å². The van der Waals surface area contributed by atoms with Crippen molar-refractivity contribution in [1.82, 2.24) is 10.2 Å². The van der Waals surface area contributed by atoms with E-state index in [1.54, 1.807) is 6.07 Å². The second-order valence-electron chi connectivity index (χ2n) is 4.64. The molecule has 0 aliphatic carbocycles. The average Bonchev–Trinajstić information content (AvgIpc) is 2.78. The van der Waals surface area contributed by atoms with Crippen LogP contribution in [0.3, 0.4) is 0 Å². The number of amides is 2. The van der Waals surface area contributed by atoms with E-state index in [0.29, 0.717) is 12.0 Å². The van der Waals surface area contributed by atoms with Crippen molar-refractivity contribution in [3.63, 3.8) is 0 Å². The quantitative estimate of drug-likeness (QED) is 0.744. The van der Waals surface area contributed by atoms with Crippen LogP contribution < -0.4 is 10.6 Å². The molecule has 1 fully saturated rings. The lowest BCUT2D eigenvalue weighted by atomic mass is 10.1. The molecule has 0 radical (unpaired) electrons. The van der Waals surface area contributed by atoms with E-state index in [1.807, 2.05) is 17.0 Å². The Morgan fingerprint density at radius 3 is 2.78 bits per heavy atom. The summed E-state index contributed by atoms with van der Waals surface area (Å²) >= 11 is 0. The Bertz CT molecular complexity index is 507. The third-order valence-corrected chi connectivity index (χ3v) is 3.39. The van der Waals surface area contributed by atoms with Crippen molar-refractivity contribution >= 4 is 17.5 Å². The molecule has 2 aliphatic heterocycles. The second-order valence-corrected chi connectivity index (χ2v) is 4.64. The summed E-state index contributed by atoms with van der Waals surface area (Å²) in [6, 6.07) is 5.46. The van der Waals surface area contributed by atoms with E-state index < -0.39 is 0 Å². The van der Waals surface area contributed by atoms with Gasteiger partial charge < -0.3 is 15.5 Å². The van der Waals surface area contributed by atoms with Gasteiger partial charge in [0.15, 0.2) is 0 Å². The topological polar surface area (TPSA) is 61.4 Å². The molecule has 5 heteroatoms. The summed E-state index contributed by atoms with van der Waals surface area (Å²) < 4.78 is 0. The standard InChI is InChI=1S/C13H15N3O2/c17-12-8-9-1-2-10(7-11(9)15-12)13(18)16-5-3-14-4-6-16/h1-2,7,14H,3-6,8H2,(H,15,17). The number of hydrogen-bond acceptors (Lipinski definition) is 3. The Kier molecular flexibility index (Phi) is 2.76. The Balaban J connectivity index is 1.82. The average molecular weight is 245 g/mol. The van der Waals surface area contributed by atoms with Gasteiger partial charge in [0.2, 0.25) is 5.91 Å². The third-order valence-electron chi connectivity index (χ3n) is 3.39. The van der Waals surface area contributed by atoms with Gasteiger partial charge in [0.05, 0.1) is 6.42 Å². The molecule has 3 rings (SSSR count). The number of nitrogens with zero attached hydrogens (tertiary/aromatic N) is 1. The zero-order chi connectivity index (χ0) is 12.5. The first kappa shape index (κ1) is 11.2. The van der Waals surface area contributed by atoms with Crippen molar-refractivity contribution in [2.24, 2.45) is 0 Å². The molecule has 0 unspecified atom stereocenters. The maximum atomic E-state index is 12.3. The highest BCUT2D eigenvalue weighted by molar-refractivity contribution is 6.02. The van der Waals surface area contributed by atoms with Gasteiger partial charge in [-0.2, -0.15) is 0 Å². The zero-order valence-electron chi connectivity index (χ0n) is 10.0. The van der Waals surface area contributed by atoms with E-state index in [2.05, 4.69) is 10.6 Å². The maximum Gasteiger partial charge on any atom is 0.254 e. The van der Waals surface area contributed by atoms with Crippen molar-refractivity contribution in [1.29, 1.82) is 0 Å². The normalized spacial score (nSPS) is 18.4. The fourth-order valence-electron chi connectivity index (χ4n) is 2.40. The largest absolute Gasteiger partial charge is 0.336 e. The maximum absolute atomic E-state index is 12.3. The third kappa shape index (κ3) is 1.97. The molecule has 0 atom stereocenters. The minimum absolute atomic E-state index is 0.00299. The van der Waals surface area contributed by atoms with Crippen molar-refractivity contribution in [2.75, 3.05) is 31.5 Å². The lowest BCUT2D eigenvalue weighted by Gasteiger charge is -2.27. The lowest BCUT2D eigenvalue weighted by molar-refractivity contribution is -0.115. The Labute approximate surface area is 105 Å². The molecule has 1 saturated heterocycles. The summed E-state index contributed by atoms with van der Waals surface area (Å²) in [6.07, 6.45) is 0.414. The first-order valence-electron chi connectivity index (χ1n) is 6.17. The monoisotopic (exact) mass is 245 g/mol. The van der Waals surface area contributed by atoms with Crippen LogP contribution in [0.15, 0.2) is 18.2 Å². The molecule has 1 aromatic carbocycles. The van der Waals surface area contributed by atoms with E-state index in [4.69, 9.17) is 0 Å². The summed E-state index contributed by atoms with van der Waals surface area (Å²) in [4.78, 5) is 25.4. The minimum Gasteiger partial charge on any atom is -0.336 e. The van der Waals surface area contributed by atoms with Gasteiger partial charge in [-0.1, -0.05) is 6.07 Å². The Hall–Kier alpha value is -1.88. The number of piperazine rings is 1. The van der Waals surface area contributed by atoms with Crippen LogP contribution in [0.25, 0.3) is 0 Å². The highest BCUT2D eigenvalue weighted by atomic mass is 16.2. The van der Waals surface area contributed by atoms with Gasteiger partial charge >= 0.3 is 0 Å². The molecular formula is C13H15N3O2. The smallest absolute Gasteiger partial charge is 0.254 e. The predicted octanol–water partition coefficient (Wildman–Crippen LogP) is 0.227. The van der Waals surface area contributed by atoms with Gasteiger partial charge in [0.25, 0.3) is 5.91 Å². The molecule has 2 aliphatic rings. The van der Waals surface area contributed by atoms with Gasteiger partial charge in [-0.05, 0) is 17.7 Å². The lowest BCUT2D eigenvalue weighted by Crippen LogP contribution is -2.46. The van der Waals surface area contributed by atoms with Crippen LogP contribution in [-0.4, -0.2) is 42.9 Å². The van der Waals surface area contributed by atoms with Crippen LogP contribution in [0, 0.1) is 0 Å². The molecule has 0 aromatic heterocycles. The van der Waals surface area contributed by atoms with Crippen LogP contribution in [0.4, 0.5) is 5.69 Å². The summed E-state index contributed by atoms with van der Waals surface area (Å²) in [5.74, 6) is 0.0391. The van der Waals surface area contributed by atoms with Gasteiger partial charge in [-0.25, -0.2) is 0 Å². The molecule has 2 N–H and O–H groups in total. The molecular weight excluding hydrogens is 230 g/mol. The van der Waals surface area contributed by atoms with Gasteiger partial charge in [-0.3, -0.25) is 9.59 Å². The van der Waals surface area contributed by atoms with Crippen LogP contribution in [0.5, 0.6) is 0 Å². The molecule has 5 nitrogen and oxygen atoms in total. The number of anilines is 1. The Morgan fingerprint density at radius 1 is 1.22 bits per heavy atom. The van der Waals surface area contributed by atoms with Crippen LogP contribution >= 0.6 is 0 Å². The van der Waals surface area contributed by atoms with Crippen LogP contribution in [0.2, 0.25) is 0 Å². The first-order chi connectivity index (χ1) is 8.74. The predicted molar refractivity (Wildman–Crippen MR) is 67.5 cm³/mol. The van der Waals surface area contributed by atoms with Gasteiger partial charge in [0.1, 0.15) is 0 Å². The number of benzene rings is 1. The molecule has 2 heterocycles. The van der Waals surface area contributed by atoms with E-state index in [9.17, 15) is 9.59 Å².